The van der Waals surface area contributed by atoms with Crippen LogP contribution < -0.4 is 0 Å². The number of hydrogen-bond acceptors (Lipinski definition) is 5. The Morgan fingerprint density at radius 1 is 1.11 bits per heavy atom. The van der Waals surface area contributed by atoms with Crippen LogP contribution in [0.2, 0.25) is 6.04 Å². The van der Waals surface area contributed by atoms with E-state index in [1.54, 1.807) is 45.6 Å². The van der Waals surface area contributed by atoms with Crippen molar-refractivity contribution in [2.45, 2.75) is 17.4 Å². The molecule has 0 aliphatic rings. The molecule has 0 radical (unpaired) electrons. The summed E-state index contributed by atoms with van der Waals surface area (Å²) in [5, 5.41) is 0. The van der Waals surface area contributed by atoms with Crippen molar-refractivity contribution in [3.05, 3.63) is 29.8 Å². The van der Waals surface area contributed by atoms with E-state index in [0.717, 1.165) is 5.56 Å². The minimum absolute atomic E-state index is 0.285. The van der Waals surface area contributed by atoms with Gasteiger partial charge in [-0.25, -0.2) is 0 Å². The maximum Gasteiger partial charge on any atom is 0.500 e. The molecule has 0 fully saturated rings. The Balaban J connectivity index is 2.65. The molecule has 7 heteroatoms. The van der Waals surface area contributed by atoms with Crippen LogP contribution in [0.4, 0.5) is 0 Å². The SMILES string of the molecule is CO[Si](CCc1ccc(S(=O)[O-])cc1)(OC)OC. The van der Waals surface area contributed by atoms with Gasteiger partial charge in [0.1, 0.15) is 0 Å². The van der Waals surface area contributed by atoms with Crippen molar-refractivity contribution >= 4 is 19.9 Å². The Bertz CT molecular complexity index is 383. The van der Waals surface area contributed by atoms with E-state index in [1.165, 1.54) is 0 Å². The lowest BCUT2D eigenvalue weighted by molar-refractivity contribution is 0.123. The molecule has 0 heterocycles. The minimum Gasteiger partial charge on any atom is -0.768 e. The molecule has 0 aliphatic heterocycles. The molecular weight excluding hydrogens is 272 g/mol. The van der Waals surface area contributed by atoms with E-state index in [1.807, 2.05) is 0 Å². The minimum atomic E-state index is -2.56. The van der Waals surface area contributed by atoms with E-state index >= 15 is 0 Å². The summed E-state index contributed by atoms with van der Waals surface area (Å²) in [7, 11) is 2.16. The highest BCUT2D eigenvalue weighted by molar-refractivity contribution is 7.79. The van der Waals surface area contributed by atoms with Crippen molar-refractivity contribution in [1.29, 1.82) is 0 Å². The Morgan fingerprint density at radius 3 is 2.00 bits per heavy atom. The lowest BCUT2D eigenvalue weighted by Crippen LogP contribution is -2.43. The summed E-state index contributed by atoms with van der Waals surface area (Å²) in [5.74, 6) is 0. The van der Waals surface area contributed by atoms with Gasteiger partial charge in [-0.3, -0.25) is 4.21 Å². The number of rotatable bonds is 7. The zero-order valence-corrected chi connectivity index (χ0v) is 12.5. The Morgan fingerprint density at radius 2 is 1.61 bits per heavy atom. The van der Waals surface area contributed by atoms with Crippen LogP contribution in [-0.4, -0.2) is 38.9 Å². The van der Waals surface area contributed by atoms with Crippen molar-refractivity contribution in [3.63, 3.8) is 0 Å². The summed E-state index contributed by atoms with van der Waals surface area (Å²) in [6.07, 6.45) is 0.716. The van der Waals surface area contributed by atoms with Crippen LogP contribution in [-0.2, 0) is 30.8 Å². The summed E-state index contributed by atoms with van der Waals surface area (Å²) in [4.78, 5) is 0.285. The third kappa shape index (κ3) is 3.97. The van der Waals surface area contributed by atoms with Crippen LogP contribution in [0.25, 0.3) is 0 Å². The van der Waals surface area contributed by atoms with Gasteiger partial charge >= 0.3 is 8.80 Å². The van der Waals surface area contributed by atoms with Crippen LogP contribution in [0.1, 0.15) is 5.56 Å². The Hall–Kier alpha value is -0.573. The van der Waals surface area contributed by atoms with E-state index < -0.39 is 19.9 Å². The molecule has 1 rings (SSSR count). The van der Waals surface area contributed by atoms with Crippen LogP contribution in [0.5, 0.6) is 0 Å². The van der Waals surface area contributed by atoms with Crippen LogP contribution in [0, 0.1) is 0 Å². The predicted octanol–water partition coefficient (Wildman–Crippen LogP) is 1.35. The second-order valence-corrected chi connectivity index (χ2v) is 7.71. The average Bonchev–Trinajstić information content (AvgIpc) is 2.41. The average molecular weight is 289 g/mol. The third-order valence-electron chi connectivity index (χ3n) is 2.77. The summed E-state index contributed by atoms with van der Waals surface area (Å²) < 4.78 is 37.4. The first-order valence-corrected chi connectivity index (χ1v) is 8.41. The quantitative estimate of drug-likeness (QED) is 0.560. The fourth-order valence-electron chi connectivity index (χ4n) is 1.62. The summed E-state index contributed by atoms with van der Waals surface area (Å²) in [5.41, 5.74) is 1.02. The molecule has 18 heavy (non-hydrogen) atoms. The predicted molar refractivity (Wildman–Crippen MR) is 68.9 cm³/mol. The third-order valence-corrected chi connectivity index (χ3v) is 6.15. The van der Waals surface area contributed by atoms with E-state index in [2.05, 4.69) is 0 Å². The summed E-state index contributed by atoms with van der Waals surface area (Å²) >= 11 is -2.18. The van der Waals surface area contributed by atoms with Crippen LogP contribution in [0.15, 0.2) is 29.2 Å². The van der Waals surface area contributed by atoms with E-state index in [0.29, 0.717) is 12.5 Å². The van der Waals surface area contributed by atoms with Crippen LogP contribution in [0.3, 0.4) is 0 Å². The molecule has 0 aromatic heterocycles. The topological polar surface area (TPSA) is 67.8 Å². The largest absolute Gasteiger partial charge is 0.768 e. The molecule has 0 bridgehead atoms. The van der Waals surface area contributed by atoms with Gasteiger partial charge in [0.25, 0.3) is 0 Å². The van der Waals surface area contributed by atoms with Crippen molar-refractivity contribution in [3.8, 4) is 0 Å². The zero-order valence-electron chi connectivity index (χ0n) is 10.7. The number of aryl methyl sites for hydroxylation is 1. The number of hydrogen-bond donors (Lipinski definition) is 0. The molecular formula is C11H17O5SSi-. The van der Waals surface area contributed by atoms with Crippen molar-refractivity contribution in [2.24, 2.45) is 0 Å². The van der Waals surface area contributed by atoms with Crippen LogP contribution >= 0.6 is 0 Å². The molecule has 0 amide bonds. The first kappa shape index (κ1) is 15.5. The first-order chi connectivity index (χ1) is 8.56. The molecule has 0 N–H and O–H groups in total. The Kier molecular flexibility index (Phi) is 6.13. The highest BCUT2D eigenvalue weighted by Gasteiger charge is 2.36. The van der Waals surface area contributed by atoms with Gasteiger partial charge < -0.3 is 17.8 Å². The summed E-state index contributed by atoms with van der Waals surface area (Å²) in [6, 6.07) is 7.37. The van der Waals surface area contributed by atoms with Gasteiger partial charge in [-0.1, -0.05) is 12.1 Å². The monoisotopic (exact) mass is 289 g/mol. The highest BCUT2D eigenvalue weighted by atomic mass is 32.2. The molecule has 1 aromatic carbocycles. The fraction of sp³-hybridized carbons (Fsp3) is 0.455. The van der Waals surface area contributed by atoms with Gasteiger partial charge in [-0.05, 0) is 35.2 Å². The van der Waals surface area contributed by atoms with Crippen molar-refractivity contribution in [2.75, 3.05) is 21.3 Å². The summed E-state index contributed by atoms with van der Waals surface area (Å²) in [6.45, 7) is 0. The maximum atomic E-state index is 10.7. The molecule has 1 atom stereocenters. The molecule has 5 nitrogen and oxygen atoms in total. The Labute approximate surface area is 111 Å². The molecule has 102 valence electrons. The lowest BCUT2D eigenvalue weighted by Gasteiger charge is -2.24. The van der Waals surface area contributed by atoms with Gasteiger partial charge in [-0.2, -0.15) is 0 Å². The molecule has 0 aliphatic carbocycles. The molecule has 0 saturated heterocycles. The first-order valence-electron chi connectivity index (χ1n) is 5.40. The van der Waals surface area contributed by atoms with Crippen molar-refractivity contribution in [1.82, 2.24) is 0 Å². The van der Waals surface area contributed by atoms with E-state index in [-0.39, 0.29) is 4.90 Å². The maximum absolute atomic E-state index is 10.7. The zero-order chi connectivity index (χ0) is 13.6. The normalized spacial score (nSPS) is 13.6. The van der Waals surface area contributed by atoms with Gasteiger partial charge in [0.15, 0.2) is 0 Å². The van der Waals surface area contributed by atoms with Gasteiger partial charge in [0, 0.05) is 32.3 Å². The van der Waals surface area contributed by atoms with Gasteiger partial charge in [0.05, 0.1) is 0 Å². The van der Waals surface area contributed by atoms with E-state index in [9.17, 15) is 8.76 Å². The molecule has 1 unspecified atom stereocenters. The van der Waals surface area contributed by atoms with E-state index in [4.69, 9.17) is 13.3 Å². The van der Waals surface area contributed by atoms with Gasteiger partial charge in [-0.15, -0.1) is 0 Å². The molecule has 0 spiro atoms. The number of benzene rings is 1. The lowest BCUT2D eigenvalue weighted by atomic mass is 10.2. The highest BCUT2D eigenvalue weighted by Crippen LogP contribution is 2.17. The second kappa shape index (κ2) is 7.12. The standard InChI is InChI=1S/C11H18O5SSi/c1-14-18(15-2,16-3)9-8-10-4-6-11(7-5-10)17(12)13/h4-7H,8-9H2,1-3H3,(H,12,13)/p-1. The molecule has 1 aromatic rings. The second-order valence-electron chi connectivity index (χ2n) is 3.67. The fourth-order valence-corrected chi connectivity index (χ4v) is 3.69. The van der Waals surface area contributed by atoms with Crippen molar-refractivity contribution < 1.29 is 22.0 Å². The molecule has 0 saturated carbocycles. The van der Waals surface area contributed by atoms with Gasteiger partial charge in [0.2, 0.25) is 0 Å². The smallest absolute Gasteiger partial charge is 0.500 e.